The van der Waals surface area contributed by atoms with Crippen molar-refractivity contribution in [2.75, 3.05) is 84.8 Å². The highest BCUT2D eigenvalue weighted by Gasteiger charge is 2.78. The number of nitrogens with zero attached hydrogens (tertiary/aromatic N) is 3. The Morgan fingerprint density at radius 1 is 0.985 bits per heavy atom. The maximum atomic E-state index is 15.4. The summed E-state index contributed by atoms with van der Waals surface area (Å²) in [6.07, 6.45) is 5.37. The number of ether oxygens (including phenoxy) is 2. The number of aliphatic hydroxyl groups is 3. The highest BCUT2D eigenvalue weighted by Crippen LogP contribution is 2.67. The van der Waals surface area contributed by atoms with Crippen molar-refractivity contribution in [3.05, 3.63) is 70.9 Å². The Labute approximate surface area is 382 Å². The van der Waals surface area contributed by atoms with Crippen LogP contribution in [0.5, 0.6) is 5.75 Å². The summed E-state index contributed by atoms with van der Waals surface area (Å²) in [5, 5.41) is 42.3. The van der Waals surface area contributed by atoms with E-state index in [-0.39, 0.29) is 37.9 Å². The minimum Gasteiger partial charge on any atom is -0.496 e. The summed E-state index contributed by atoms with van der Waals surface area (Å²) in [6.45, 7) is 10.9. The van der Waals surface area contributed by atoms with Crippen LogP contribution in [0.2, 0.25) is 0 Å². The average Bonchev–Trinajstić information content (AvgIpc) is 3.96. The molecule has 3 fully saturated rings. The summed E-state index contributed by atoms with van der Waals surface area (Å²) < 4.78 is 36.9. The standard InChI is InChI=1S/C49H68N5O10P/c1-8-45(58)27-31-28-48(44(57)62-7,39-33(17-22-53(29-31)30-45)32-15-12-13-16-36(32)51-39)35-25-34-37(26-38(35)61-6)52(5)41-47(34)19-23-54-21-14-18-46(9-2,40(47)54)42(55)49(41,59)43(56)50-20-24-65(60,63-10-3)64-11-4/h12-16,18,25-26,31,40-42,51,55,58-59H,8-11,17,19-24,27-30H2,1-7H3,(H,50,56)/t31-,40-,41+,42+,45-,46+,47+,48-,49-/m0/s1. The molecule has 3 aromatic rings. The number of fused-ring (bicyclic) bond motifs is 6. The van der Waals surface area contributed by atoms with Gasteiger partial charge in [-0.3, -0.25) is 24.0 Å². The number of aromatic nitrogens is 1. The maximum absolute atomic E-state index is 15.4. The van der Waals surface area contributed by atoms with Gasteiger partial charge in [0.25, 0.3) is 5.91 Å². The number of piperidine rings is 1. The molecule has 15 nitrogen and oxygen atoms in total. The number of esters is 1. The minimum absolute atomic E-state index is 0.116. The number of aliphatic hydroxyl groups excluding tert-OH is 1. The van der Waals surface area contributed by atoms with Gasteiger partial charge in [-0.1, -0.05) is 44.2 Å². The summed E-state index contributed by atoms with van der Waals surface area (Å²) >= 11 is 0. The molecule has 6 aliphatic rings. The van der Waals surface area contributed by atoms with Crippen molar-refractivity contribution in [1.82, 2.24) is 20.1 Å². The van der Waals surface area contributed by atoms with E-state index in [1.807, 2.05) is 62.2 Å². The van der Waals surface area contributed by atoms with Gasteiger partial charge in [-0.15, -0.1) is 0 Å². The van der Waals surface area contributed by atoms with Gasteiger partial charge in [0.05, 0.1) is 45.2 Å². The number of likely N-dealkylation sites (N-methyl/N-ethyl adjacent to an activating group) is 1. The number of nitrogens with one attached hydrogen (secondary N) is 2. The Morgan fingerprint density at radius 2 is 1.74 bits per heavy atom. The molecule has 2 bridgehead atoms. The third-order valence-electron chi connectivity index (χ3n) is 16.5. The van der Waals surface area contributed by atoms with E-state index < -0.39 is 59.1 Å². The first-order chi connectivity index (χ1) is 31.1. The molecule has 5 aliphatic heterocycles. The number of aromatic amines is 1. The van der Waals surface area contributed by atoms with Crippen LogP contribution in [-0.2, 0) is 45.2 Å². The number of anilines is 1. The summed E-state index contributed by atoms with van der Waals surface area (Å²) in [6, 6.07) is 10.8. The Bertz CT molecular complexity index is 2420. The van der Waals surface area contributed by atoms with E-state index in [4.69, 9.17) is 18.5 Å². The van der Waals surface area contributed by atoms with E-state index in [1.54, 1.807) is 21.0 Å². The van der Waals surface area contributed by atoms with Crippen LogP contribution >= 0.6 is 7.60 Å². The number of H-pyrrole nitrogens is 1. The van der Waals surface area contributed by atoms with Crippen LogP contribution in [0.3, 0.4) is 0 Å². The smallest absolute Gasteiger partial charge is 0.332 e. The Hall–Kier alpha value is -3.79. The third-order valence-corrected chi connectivity index (χ3v) is 18.6. The van der Waals surface area contributed by atoms with Gasteiger partial charge < -0.3 is 49.0 Å². The molecule has 0 radical (unpaired) electrons. The number of hydrogen-bond donors (Lipinski definition) is 5. The lowest BCUT2D eigenvalue weighted by atomic mass is 9.47. The number of rotatable bonds is 13. The third kappa shape index (κ3) is 6.65. The topological polar surface area (TPSA) is 186 Å². The molecule has 1 spiro atoms. The SMILES string of the molecule is CCOP(=O)(CCNC(=O)[C@@]1(O)[C@H](O)[C@]2(CC)C=CCN3CC[C@@]4(c5cc([C@@]6(C(=O)OC)C[C@H]7CN(CCc8c6[nH]c6ccccc86)C[C@](O)(CC)C7)c(OC)cc5N(C)[C@@H]14)[C@@H]32)OCC. The molecule has 2 saturated heterocycles. The van der Waals surface area contributed by atoms with Crippen LogP contribution < -0.4 is 15.0 Å². The lowest BCUT2D eigenvalue weighted by molar-refractivity contribution is -0.203. The zero-order valence-corrected chi connectivity index (χ0v) is 39.9. The van der Waals surface area contributed by atoms with Gasteiger partial charge in [0.15, 0.2) is 5.60 Å². The lowest BCUT2D eigenvalue weighted by Gasteiger charge is -2.63. The lowest BCUT2D eigenvalue weighted by Crippen LogP contribution is -2.81. The number of benzene rings is 2. The van der Waals surface area contributed by atoms with Gasteiger partial charge in [-0.05, 0) is 88.1 Å². The normalized spacial score (nSPS) is 35.0. The molecule has 65 heavy (non-hydrogen) atoms. The van der Waals surface area contributed by atoms with E-state index in [9.17, 15) is 19.9 Å². The maximum Gasteiger partial charge on any atom is 0.332 e. The zero-order chi connectivity index (χ0) is 46.3. The van der Waals surface area contributed by atoms with Gasteiger partial charge in [0.2, 0.25) is 0 Å². The Balaban J connectivity index is 1.27. The first-order valence-corrected chi connectivity index (χ1v) is 25.4. The molecular weight excluding hydrogens is 850 g/mol. The number of amides is 1. The van der Waals surface area contributed by atoms with E-state index in [0.29, 0.717) is 82.6 Å². The number of hydrogen-bond acceptors (Lipinski definition) is 13. The van der Waals surface area contributed by atoms with Crippen LogP contribution in [0, 0.1) is 11.3 Å². The molecule has 2 aromatic carbocycles. The van der Waals surface area contributed by atoms with E-state index in [0.717, 1.165) is 33.4 Å². The highest BCUT2D eigenvalue weighted by molar-refractivity contribution is 7.53. The van der Waals surface area contributed by atoms with Crippen LogP contribution in [0.25, 0.3) is 10.9 Å². The highest BCUT2D eigenvalue weighted by atomic mass is 31.2. The molecule has 1 aliphatic carbocycles. The van der Waals surface area contributed by atoms with Crippen molar-refractivity contribution in [1.29, 1.82) is 0 Å². The first-order valence-electron chi connectivity index (χ1n) is 23.7. The van der Waals surface area contributed by atoms with Gasteiger partial charge >= 0.3 is 13.6 Å². The Kier molecular flexibility index (Phi) is 11.9. The molecule has 9 rings (SSSR count). The van der Waals surface area contributed by atoms with Gasteiger partial charge in [-0.25, -0.2) is 0 Å². The molecule has 10 atom stereocenters. The monoisotopic (exact) mass is 917 g/mol. The predicted octanol–water partition coefficient (Wildman–Crippen LogP) is 4.63. The molecule has 1 saturated carbocycles. The Morgan fingerprint density at radius 3 is 2.43 bits per heavy atom. The van der Waals surface area contributed by atoms with Crippen LogP contribution in [0.15, 0.2) is 48.6 Å². The molecular formula is C49H68N5O10P. The zero-order valence-electron chi connectivity index (χ0n) is 39.0. The number of carbonyl (C=O) groups excluding carboxylic acids is 2. The van der Waals surface area contributed by atoms with E-state index >= 15 is 9.59 Å². The quantitative estimate of drug-likeness (QED) is 0.0910. The van der Waals surface area contributed by atoms with E-state index in [2.05, 4.69) is 32.2 Å². The second-order valence-electron chi connectivity index (χ2n) is 19.6. The summed E-state index contributed by atoms with van der Waals surface area (Å²) in [7, 11) is 1.33. The first kappa shape index (κ1) is 46.3. The number of methoxy groups -OCH3 is 2. The molecule has 1 amide bonds. The van der Waals surface area contributed by atoms with Crippen molar-refractivity contribution < 1.29 is 48.0 Å². The van der Waals surface area contributed by atoms with Crippen LogP contribution in [0.4, 0.5) is 5.69 Å². The fraction of sp³-hybridized carbons (Fsp3) is 0.633. The van der Waals surface area contributed by atoms with Crippen molar-refractivity contribution in [2.45, 2.75) is 106 Å². The molecule has 1 unspecified atom stereocenters. The van der Waals surface area contributed by atoms with E-state index in [1.165, 1.54) is 7.11 Å². The summed E-state index contributed by atoms with van der Waals surface area (Å²) in [5.41, 5.74) is -1.96. The summed E-state index contributed by atoms with van der Waals surface area (Å²) in [5.74, 6) is -0.908. The fourth-order valence-corrected chi connectivity index (χ4v) is 15.5. The summed E-state index contributed by atoms with van der Waals surface area (Å²) in [4.78, 5) is 40.8. The molecule has 354 valence electrons. The number of carbonyl (C=O) groups is 2. The average molecular weight is 918 g/mol. The molecule has 6 heterocycles. The van der Waals surface area contributed by atoms with Gasteiger partial charge in [-0.2, -0.15) is 0 Å². The van der Waals surface area contributed by atoms with Crippen molar-refractivity contribution >= 4 is 36.1 Å². The van der Waals surface area contributed by atoms with Gasteiger partial charge in [0, 0.05) is 90.6 Å². The van der Waals surface area contributed by atoms with Crippen molar-refractivity contribution in [3.8, 4) is 5.75 Å². The second kappa shape index (κ2) is 16.8. The molecule has 16 heteroatoms. The van der Waals surface area contributed by atoms with Crippen LogP contribution in [0.1, 0.15) is 82.2 Å². The number of para-hydroxylation sites is 1. The molecule has 5 N–H and O–H groups in total. The second-order valence-corrected chi connectivity index (χ2v) is 21.7. The van der Waals surface area contributed by atoms with Crippen molar-refractivity contribution in [2.24, 2.45) is 11.3 Å². The predicted molar refractivity (Wildman–Crippen MR) is 248 cm³/mol. The van der Waals surface area contributed by atoms with Gasteiger partial charge in [0.1, 0.15) is 17.3 Å². The van der Waals surface area contributed by atoms with Crippen LogP contribution in [-0.4, -0.2) is 151 Å². The fourth-order valence-electron chi connectivity index (χ4n) is 14.0. The van der Waals surface area contributed by atoms with Crippen molar-refractivity contribution in [3.63, 3.8) is 0 Å². The minimum atomic E-state index is -3.55. The molecule has 1 aromatic heterocycles. The largest absolute Gasteiger partial charge is 0.496 e.